The number of benzene rings is 5. The summed E-state index contributed by atoms with van der Waals surface area (Å²) in [6, 6.07) is 35.4. The number of carbonyl (C=O) groups excluding carboxylic acids is 1. The third kappa shape index (κ3) is 7.11. The lowest BCUT2D eigenvalue weighted by molar-refractivity contribution is -0.138. The summed E-state index contributed by atoms with van der Waals surface area (Å²) in [6.45, 7) is 6.60. The lowest BCUT2D eigenvalue weighted by atomic mass is 9.91. The maximum Gasteiger partial charge on any atom is 0.338 e. The number of aromatic nitrogens is 1. The molecule has 0 bridgehead atoms. The monoisotopic (exact) mass is 868 g/mol. The van der Waals surface area contributed by atoms with Gasteiger partial charge in [-0.15, -0.1) is 0 Å². The van der Waals surface area contributed by atoms with Crippen LogP contribution in [0.25, 0.3) is 22.5 Å². The third-order valence-corrected chi connectivity index (χ3v) is 11.1. The SMILES string of the molecule is CCOC(=O)C1=C(c2ccccc2)N=c2s/c(=C\c3cc(Br)cc(I)c3OCc3cccc4ccccc34)c(=O)n2[C@H]1c1ccc(C(C)C)cc1. The van der Waals surface area contributed by atoms with Crippen LogP contribution in [0.2, 0.25) is 0 Å². The highest BCUT2D eigenvalue weighted by Crippen LogP contribution is 2.36. The Morgan fingerprint density at radius 3 is 2.45 bits per heavy atom. The van der Waals surface area contributed by atoms with Crippen LogP contribution in [0.3, 0.4) is 0 Å². The molecule has 0 N–H and O–H groups in total. The zero-order valence-corrected chi connectivity index (χ0v) is 32.8. The molecule has 0 saturated carbocycles. The highest BCUT2D eigenvalue weighted by atomic mass is 127. The second kappa shape index (κ2) is 15.1. The van der Waals surface area contributed by atoms with Gasteiger partial charge < -0.3 is 9.47 Å². The number of nitrogens with zero attached hydrogens (tertiary/aromatic N) is 2. The number of rotatable bonds is 9. The predicted molar refractivity (Wildman–Crippen MR) is 217 cm³/mol. The number of thiazole rings is 1. The van der Waals surface area contributed by atoms with Crippen molar-refractivity contribution in [2.45, 2.75) is 39.3 Å². The summed E-state index contributed by atoms with van der Waals surface area (Å²) in [4.78, 5) is 34.0. The summed E-state index contributed by atoms with van der Waals surface area (Å²) >= 11 is 7.22. The Labute approximate surface area is 322 Å². The summed E-state index contributed by atoms with van der Waals surface area (Å²) in [5, 5.41) is 2.28. The molecule has 1 aromatic heterocycles. The number of hydrogen-bond acceptors (Lipinski definition) is 6. The van der Waals surface area contributed by atoms with Gasteiger partial charge in [0, 0.05) is 15.6 Å². The Morgan fingerprint density at radius 2 is 1.71 bits per heavy atom. The van der Waals surface area contributed by atoms with Crippen molar-refractivity contribution in [2.24, 2.45) is 4.99 Å². The first-order valence-corrected chi connectivity index (χ1v) is 19.4. The second-order valence-corrected chi connectivity index (χ2v) is 15.6. The number of halogens is 2. The van der Waals surface area contributed by atoms with Crippen molar-refractivity contribution in [3.63, 3.8) is 0 Å². The molecule has 1 aliphatic rings. The van der Waals surface area contributed by atoms with Crippen LogP contribution in [0.5, 0.6) is 5.75 Å². The molecule has 0 aliphatic carbocycles. The topological polar surface area (TPSA) is 69.9 Å². The van der Waals surface area contributed by atoms with E-state index < -0.39 is 12.0 Å². The van der Waals surface area contributed by atoms with Gasteiger partial charge >= 0.3 is 5.97 Å². The molecule has 0 saturated heterocycles. The van der Waals surface area contributed by atoms with Crippen molar-refractivity contribution in [1.29, 1.82) is 0 Å². The summed E-state index contributed by atoms with van der Waals surface area (Å²) in [5.41, 5.74) is 5.14. The van der Waals surface area contributed by atoms with Crippen LogP contribution >= 0.6 is 49.9 Å². The van der Waals surface area contributed by atoms with Crippen LogP contribution in [0.1, 0.15) is 60.5 Å². The molecule has 1 aliphatic heterocycles. The average Bonchev–Trinajstić information content (AvgIpc) is 3.44. The minimum Gasteiger partial charge on any atom is -0.487 e. The largest absolute Gasteiger partial charge is 0.487 e. The standard InChI is InChI=1S/C42H34BrIN2O4S/c1-4-49-41(48)36-37(28-12-6-5-7-13-28)45-42-46(38(36)29-19-17-26(18-20-29)25(2)3)40(47)35(51-42)22-31-21-32(43)23-34(44)39(31)50-24-30-15-10-14-27-11-8-9-16-33(27)30/h5-23,25,38H,4,24H2,1-3H3/b35-22-/t38-/m0/s1. The molecule has 9 heteroatoms. The smallest absolute Gasteiger partial charge is 0.338 e. The summed E-state index contributed by atoms with van der Waals surface area (Å²) in [5.74, 6) is 0.500. The van der Waals surface area contributed by atoms with Crippen LogP contribution in [0, 0.1) is 3.57 Å². The fourth-order valence-electron chi connectivity index (χ4n) is 6.37. The lowest BCUT2D eigenvalue weighted by Gasteiger charge is -2.26. The molecule has 51 heavy (non-hydrogen) atoms. The summed E-state index contributed by atoms with van der Waals surface area (Å²) < 4.78 is 16.1. The first kappa shape index (κ1) is 35.1. The lowest BCUT2D eigenvalue weighted by Crippen LogP contribution is -2.40. The Morgan fingerprint density at radius 1 is 0.980 bits per heavy atom. The van der Waals surface area contributed by atoms with E-state index in [2.05, 4.69) is 88.8 Å². The van der Waals surface area contributed by atoms with E-state index in [0.717, 1.165) is 46.6 Å². The average molecular weight is 870 g/mol. The van der Waals surface area contributed by atoms with Gasteiger partial charge in [-0.2, -0.15) is 0 Å². The molecular weight excluding hydrogens is 835 g/mol. The highest BCUT2D eigenvalue weighted by Gasteiger charge is 2.35. The molecule has 0 amide bonds. The molecule has 256 valence electrons. The maximum absolute atomic E-state index is 14.6. The predicted octanol–water partition coefficient (Wildman–Crippen LogP) is 9.16. The van der Waals surface area contributed by atoms with E-state index in [1.54, 1.807) is 11.5 Å². The quantitative estimate of drug-likeness (QED) is 0.107. The Hall–Kier alpha value is -4.32. The summed E-state index contributed by atoms with van der Waals surface area (Å²) in [6.07, 6.45) is 1.87. The number of hydrogen-bond donors (Lipinski definition) is 0. The molecule has 7 rings (SSSR count). The van der Waals surface area contributed by atoms with E-state index in [-0.39, 0.29) is 12.2 Å². The molecule has 0 unspecified atom stereocenters. The van der Waals surface area contributed by atoms with Gasteiger partial charge in [0.25, 0.3) is 5.56 Å². The van der Waals surface area contributed by atoms with Gasteiger partial charge in [0.2, 0.25) is 0 Å². The molecule has 0 radical (unpaired) electrons. The van der Waals surface area contributed by atoms with Gasteiger partial charge in [-0.1, -0.05) is 138 Å². The molecule has 1 atom stereocenters. The molecule has 6 aromatic rings. The van der Waals surface area contributed by atoms with E-state index in [4.69, 9.17) is 14.5 Å². The fraction of sp³-hybridized carbons (Fsp3) is 0.167. The van der Waals surface area contributed by atoms with Gasteiger partial charge in [0.15, 0.2) is 4.80 Å². The highest BCUT2D eigenvalue weighted by molar-refractivity contribution is 14.1. The van der Waals surface area contributed by atoms with Crippen LogP contribution < -0.4 is 19.6 Å². The number of fused-ring (bicyclic) bond motifs is 2. The fourth-order valence-corrected chi connectivity index (χ4v) is 9.07. The van der Waals surface area contributed by atoms with Crippen molar-refractivity contribution in [1.82, 2.24) is 4.57 Å². The molecule has 0 spiro atoms. The zero-order chi connectivity index (χ0) is 35.6. The van der Waals surface area contributed by atoms with E-state index in [1.807, 2.05) is 78.9 Å². The van der Waals surface area contributed by atoms with Crippen molar-refractivity contribution < 1.29 is 14.3 Å². The van der Waals surface area contributed by atoms with Crippen molar-refractivity contribution >= 4 is 78.4 Å². The summed E-state index contributed by atoms with van der Waals surface area (Å²) in [7, 11) is 0. The molecular formula is C42H34BrIN2O4S. The van der Waals surface area contributed by atoms with Gasteiger partial charge in [-0.25, -0.2) is 9.79 Å². The van der Waals surface area contributed by atoms with E-state index >= 15 is 0 Å². The normalized spacial score (nSPS) is 14.5. The third-order valence-electron chi connectivity index (χ3n) is 8.87. The number of carbonyl (C=O) groups is 1. The molecule has 6 nitrogen and oxygen atoms in total. The van der Waals surface area contributed by atoms with Crippen LogP contribution in [0.15, 0.2) is 129 Å². The Balaban J connectivity index is 1.40. The van der Waals surface area contributed by atoms with Gasteiger partial charge in [-0.3, -0.25) is 9.36 Å². The minimum atomic E-state index is -0.747. The van der Waals surface area contributed by atoms with E-state index in [1.165, 1.54) is 11.3 Å². The molecule has 5 aromatic carbocycles. The zero-order valence-electron chi connectivity index (χ0n) is 28.2. The Bertz CT molecular complexity index is 2480. The maximum atomic E-state index is 14.6. The van der Waals surface area contributed by atoms with Crippen molar-refractivity contribution in [2.75, 3.05) is 6.61 Å². The van der Waals surface area contributed by atoms with Gasteiger partial charge in [-0.05, 0) is 81.1 Å². The van der Waals surface area contributed by atoms with Crippen molar-refractivity contribution in [3.8, 4) is 5.75 Å². The van der Waals surface area contributed by atoms with E-state index in [9.17, 15) is 9.59 Å². The van der Waals surface area contributed by atoms with Crippen LogP contribution in [-0.4, -0.2) is 17.1 Å². The first-order chi connectivity index (χ1) is 24.7. The van der Waals surface area contributed by atoms with Crippen LogP contribution in [0.4, 0.5) is 0 Å². The van der Waals surface area contributed by atoms with E-state index in [0.29, 0.717) is 38.9 Å². The minimum absolute atomic E-state index is 0.191. The number of ether oxygens (including phenoxy) is 2. The van der Waals surface area contributed by atoms with Gasteiger partial charge in [0.05, 0.1) is 32.0 Å². The van der Waals surface area contributed by atoms with Crippen molar-refractivity contribution in [3.05, 3.63) is 170 Å². The molecule has 2 heterocycles. The van der Waals surface area contributed by atoms with Gasteiger partial charge in [0.1, 0.15) is 12.4 Å². The first-order valence-electron chi connectivity index (χ1n) is 16.7. The van der Waals surface area contributed by atoms with Crippen LogP contribution in [-0.2, 0) is 16.1 Å². The molecule has 0 fully saturated rings. The number of esters is 1. The Kier molecular flexibility index (Phi) is 10.4. The second-order valence-electron chi connectivity index (χ2n) is 12.5.